The van der Waals surface area contributed by atoms with Crippen LogP contribution in [0.4, 0.5) is 0 Å². The number of thioether (sulfide) groups is 1. The lowest BCUT2D eigenvalue weighted by atomic mass is 10.3. The van der Waals surface area contributed by atoms with E-state index in [0.29, 0.717) is 27.1 Å². The van der Waals surface area contributed by atoms with Gasteiger partial charge in [0.25, 0.3) is 0 Å². The Labute approximate surface area is 218 Å². The number of fused-ring (bicyclic) bond motifs is 5. The normalized spacial score (nSPS) is 11.5. The van der Waals surface area contributed by atoms with Crippen molar-refractivity contribution in [2.75, 3.05) is 12.9 Å². The molecule has 0 aliphatic heterocycles. The molecule has 0 spiro atoms. The van der Waals surface area contributed by atoms with Gasteiger partial charge in [0.1, 0.15) is 16.2 Å². The first-order valence-electron chi connectivity index (χ1n) is 11.0. The molecule has 1 N–H and O–H groups in total. The highest BCUT2D eigenvalue weighted by Crippen LogP contribution is 2.34. The summed E-state index contributed by atoms with van der Waals surface area (Å²) in [6, 6.07) is 19.2. The SMILES string of the molecule is COc1cccc(-n2c(=S)sc3c2nc(SCC(=O)NCc2ccco2)n2c4ccccc4nc32)c1. The molecule has 1 amide bonds. The third-order valence-corrected chi connectivity index (χ3v) is 7.92. The third-order valence-electron chi connectivity index (χ3n) is 5.63. The maximum absolute atomic E-state index is 12.6. The van der Waals surface area contributed by atoms with Crippen LogP contribution in [-0.2, 0) is 11.3 Å². The number of thiazole rings is 1. The lowest BCUT2D eigenvalue weighted by molar-refractivity contribution is -0.118. The van der Waals surface area contributed by atoms with Crippen molar-refractivity contribution in [1.29, 1.82) is 0 Å². The number of methoxy groups -OCH3 is 1. The molecule has 36 heavy (non-hydrogen) atoms. The zero-order valence-corrected chi connectivity index (χ0v) is 21.5. The van der Waals surface area contributed by atoms with Crippen molar-refractivity contribution < 1.29 is 13.9 Å². The number of furan rings is 1. The maximum atomic E-state index is 12.6. The number of benzene rings is 2. The minimum atomic E-state index is -0.120. The molecule has 2 aromatic carbocycles. The number of carbonyl (C=O) groups excluding carboxylic acids is 1. The molecule has 4 aromatic heterocycles. The summed E-state index contributed by atoms with van der Waals surface area (Å²) < 4.78 is 16.2. The highest BCUT2D eigenvalue weighted by molar-refractivity contribution is 7.99. The van der Waals surface area contributed by atoms with Crippen LogP contribution in [0.25, 0.3) is 32.7 Å². The van der Waals surface area contributed by atoms with Gasteiger partial charge in [0.05, 0.1) is 42.4 Å². The fourth-order valence-electron chi connectivity index (χ4n) is 3.98. The number of rotatable bonds is 7. The maximum Gasteiger partial charge on any atom is 0.230 e. The fraction of sp³-hybridized carbons (Fsp3) is 0.120. The van der Waals surface area contributed by atoms with Crippen LogP contribution in [0.5, 0.6) is 5.75 Å². The van der Waals surface area contributed by atoms with Crippen molar-refractivity contribution in [3.05, 3.63) is 76.6 Å². The van der Waals surface area contributed by atoms with E-state index in [-0.39, 0.29) is 11.7 Å². The summed E-state index contributed by atoms with van der Waals surface area (Å²) in [6.07, 6.45) is 1.59. The average molecular weight is 534 g/mol. The van der Waals surface area contributed by atoms with Gasteiger partial charge in [0.15, 0.2) is 20.4 Å². The largest absolute Gasteiger partial charge is 0.497 e. The predicted octanol–water partition coefficient (Wildman–Crippen LogP) is 5.63. The van der Waals surface area contributed by atoms with E-state index >= 15 is 0 Å². The Kier molecular flexibility index (Phi) is 5.96. The number of hydrogen-bond acceptors (Lipinski definition) is 8. The second kappa shape index (κ2) is 9.41. The van der Waals surface area contributed by atoms with Crippen LogP contribution in [0.3, 0.4) is 0 Å². The summed E-state index contributed by atoms with van der Waals surface area (Å²) in [6.45, 7) is 0.335. The first-order chi connectivity index (χ1) is 17.6. The van der Waals surface area contributed by atoms with Gasteiger partial charge in [0, 0.05) is 6.07 Å². The van der Waals surface area contributed by atoms with Crippen LogP contribution in [0.1, 0.15) is 5.76 Å². The zero-order valence-electron chi connectivity index (χ0n) is 19.0. The van der Waals surface area contributed by atoms with Crippen LogP contribution < -0.4 is 10.1 Å². The Balaban J connectivity index is 1.46. The molecule has 6 rings (SSSR count). The van der Waals surface area contributed by atoms with Gasteiger partial charge in [-0.3, -0.25) is 13.8 Å². The summed E-state index contributed by atoms with van der Waals surface area (Å²) in [5.74, 6) is 1.49. The third kappa shape index (κ3) is 4.04. The Bertz CT molecular complexity index is 1790. The molecule has 8 nitrogen and oxygen atoms in total. The second-order valence-electron chi connectivity index (χ2n) is 7.86. The van der Waals surface area contributed by atoms with Crippen molar-refractivity contribution >= 4 is 68.3 Å². The number of carbonyl (C=O) groups is 1. The van der Waals surface area contributed by atoms with Gasteiger partial charge >= 0.3 is 0 Å². The molecule has 6 aromatic rings. The molecule has 0 fully saturated rings. The molecule has 0 atom stereocenters. The monoisotopic (exact) mass is 533 g/mol. The number of imidazole rings is 1. The van der Waals surface area contributed by atoms with Crippen molar-refractivity contribution in [2.24, 2.45) is 0 Å². The highest BCUT2D eigenvalue weighted by atomic mass is 32.2. The van der Waals surface area contributed by atoms with Crippen molar-refractivity contribution in [3.63, 3.8) is 0 Å². The Morgan fingerprint density at radius 2 is 2.03 bits per heavy atom. The zero-order chi connectivity index (χ0) is 24.6. The van der Waals surface area contributed by atoms with E-state index in [1.807, 2.05) is 63.6 Å². The van der Waals surface area contributed by atoms with Crippen LogP contribution in [-0.4, -0.2) is 37.7 Å². The number of para-hydroxylation sites is 2. The van der Waals surface area contributed by atoms with E-state index in [0.717, 1.165) is 32.8 Å². The van der Waals surface area contributed by atoms with Gasteiger partial charge in [-0.2, -0.15) is 0 Å². The molecule has 11 heteroatoms. The van der Waals surface area contributed by atoms with E-state index in [9.17, 15) is 4.79 Å². The Morgan fingerprint density at radius 1 is 1.14 bits per heavy atom. The number of hydrogen-bond donors (Lipinski definition) is 1. The summed E-state index contributed by atoms with van der Waals surface area (Å²) >= 11 is 8.58. The Hall–Kier alpha value is -3.67. The van der Waals surface area contributed by atoms with Crippen molar-refractivity contribution in [3.8, 4) is 11.4 Å². The molecule has 0 saturated heterocycles. The van der Waals surface area contributed by atoms with E-state index in [4.69, 9.17) is 31.3 Å². The average Bonchev–Trinajstić information content (AvgIpc) is 3.63. The molecule has 4 heterocycles. The van der Waals surface area contributed by atoms with E-state index in [2.05, 4.69) is 5.32 Å². The number of nitrogens with zero attached hydrogens (tertiary/aromatic N) is 4. The summed E-state index contributed by atoms with van der Waals surface area (Å²) in [5, 5.41) is 3.54. The topological polar surface area (TPSA) is 86.6 Å². The summed E-state index contributed by atoms with van der Waals surface area (Å²) in [7, 11) is 1.63. The van der Waals surface area contributed by atoms with E-state index < -0.39 is 0 Å². The molecule has 0 radical (unpaired) electrons. The molecule has 0 aliphatic carbocycles. The van der Waals surface area contributed by atoms with Gasteiger partial charge in [-0.25, -0.2) is 9.97 Å². The van der Waals surface area contributed by atoms with Gasteiger partial charge < -0.3 is 14.5 Å². The smallest absolute Gasteiger partial charge is 0.230 e. The number of ether oxygens (including phenoxy) is 1. The van der Waals surface area contributed by atoms with Crippen LogP contribution in [0.15, 0.2) is 76.5 Å². The van der Waals surface area contributed by atoms with E-state index in [1.54, 1.807) is 19.4 Å². The molecular weight excluding hydrogens is 515 g/mol. The van der Waals surface area contributed by atoms with Crippen molar-refractivity contribution in [1.82, 2.24) is 24.3 Å². The minimum Gasteiger partial charge on any atom is -0.497 e. The van der Waals surface area contributed by atoms with Crippen LogP contribution in [0, 0.1) is 3.95 Å². The lowest BCUT2D eigenvalue weighted by Crippen LogP contribution is -2.24. The van der Waals surface area contributed by atoms with E-state index in [1.165, 1.54) is 23.1 Å². The standard InChI is InChI=1S/C25H19N5O3S3/c1-32-16-7-4-6-15(12-16)29-23-21(36-25(29)34)22-27-18-9-2-3-10-19(18)30(22)24(28-23)35-14-20(31)26-13-17-8-5-11-33-17/h2-12H,13-14H2,1H3,(H,26,31). The first kappa shape index (κ1) is 22.8. The minimum absolute atomic E-state index is 0.120. The fourth-order valence-corrected chi connectivity index (χ4v) is 6.16. The molecule has 0 unspecified atom stereocenters. The number of amides is 1. The number of nitrogens with one attached hydrogen (secondary N) is 1. The molecular formula is C25H19N5O3S3. The molecule has 0 aliphatic rings. The van der Waals surface area contributed by atoms with Crippen LogP contribution >= 0.6 is 35.3 Å². The summed E-state index contributed by atoms with van der Waals surface area (Å²) in [5.41, 5.74) is 4.08. The highest BCUT2D eigenvalue weighted by Gasteiger charge is 2.20. The molecule has 180 valence electrons. The Morgan fingerprint density at radius 3 is 2.86 bits per heavy atom. The summed E-state index contributed by atoms with van der Waals surface area (Å²) in [4.78, 5) is 22.5. The first-order valence-corrected chi connectivity index (χ1v) is 13.2. The quantitative estimate of drug-likeness (QED) is 0.162. The van der Waals surface area contributed by atoms with Gasteiger partial charge in [-0.1, -0.05) is 41.3 Å². The van der Waals surface area contributed by atoms with Gasteiger partial charge in [-0.15, -0.1) is 0 Å². The molecule has 0 bridgehead atoms. The lowest BCUT2D eigenvalue weighted by Gasteiger charge is -2.10. The van der Waals surface area contributed by atoms with Crippen LogP contribution in [0.2, 0.25) is 0 Å². The predicted molar refractivity (Wildman–Crippen MR) is 144 cm³/mol. The van der Waals surface area contributed by atoms with Gasteiger partial charge in [0.2, 0.25) is 5.91 Å². The second-order valence-corrected chi connectivity index (χ2v) is 10.4. The van der Waals surface area contributed by atoms with Crippen molar-refractivity contribution in [2.45, 2.75) is 11.7 Å². The number of aromatic nitrogens is 4. The molecule has 0 saturated carbocycles. The van der Waals surface area contributed by atoms with Gasteiger partial charge in [-0.05, 0) is 48.6 Å².